The number of carbonyl (C=O) groups excluding carboxylic acids is 1. The minimum atomic E-state index is -4.72. The van der Waals surface area contributed by atoms with Gasteiger partial charge >= 0.3 is 5.76 Å². The van der Waals surface area contributed by atoms with Crippen molar-refractivity contribution in [1.82, 2.24) is 0 Å². The van der Waals surface area contributed by atoms with Gasteiger partial charge in [0.15, 0.2) is 0 Å². The fraction of sp³-hybridized carbons (Fsp3) is 0.133. The van der Waals surface area contributed by atoms with E-state index in [1.54, 1.807) is 0 Å². The van der Waals surface area contributed by atoms with Crippen molar-refractivity contribution < 1.29 is 30.8 Å². The van der Waals surface area contributed by atoms with E-state index in [1.807, 2.05) is 0 Å². The van der Waals surface area contributed by atoms with E-state index < -0.39 is 32.2 Å². The first-order valence-corrected chi connectivity index (χ1v) is 9.11. The smallest absolute Gasteiger partial charge is 0.322 e. The molecular formula is C15H11F4NO3S2. The van der Waals surface area contributed by atoms with Gasteiger partial charge in [-0.2, -0.15) is 17.6 Å². The van der Waals surface area contributed by atoms with Crippen LogP contribution in [-0.4, -0.2) is 25.8 Å². The Labute approximate surface area is 145 Å². The lowest BCUT2D eigenvalue weighted by Crippen LogP contribution is -2.14. The number of nitrogens with one attached hydrogen (secondary N) is 1. The number of rotatable bonds is 6. The molecular weight excluding hydrogens is 382 g/mol. The molecule has 0 aliphatic heterocycles. The van der Waals surface area contributed by atoms with Gasteiger partial charge in [-0.15, -0.1) is 0 Å². The van der Waals surface area contributed by atoms with Crippen LogP contribution in [0.25, 0.3) is 0 Å². The van der Waals surface area contributed by atoms with Crippen LogP contribution < -0.4 is 5.32 Å². The van der Waals surface area contributed by atoms with Gasteiger partial charge in [0.2, 0.25) is 9.84 Å². The van der Waals surface area contributed by atoms with Crippen LogP contribution in [0.2, 0.25) is 0 Å². The maximum Gasteiger partial charge on any atom is 0.341 e. The van der Waals surface area contributed by atoms with Crippen molar-refractivity contribution >= 4 is 33.2 Å². The second-order valence-corrected chi connectivity index (χ2v) is 7.67. The van der Waals surface area contributed by atoms with E-state index in [1.165, 1.54) is 24.3 Å². The fourth-order valence-corrected chi connectivity index (χ4v) is 3.04. The molecule has 4 nitrogen and oxygen atoms in total. The Morgan fingerprint density at radius 3 is 1.96 bits per heavy atom. The third-order valence-electron chi connectivity index (χ3n) is 3.02. The van der Waals surface area contributed by atoms with Crippen molar-refractivity contribution in [3.8, 4) is 0 Å². The summed E-state index contributed by atoms with van der Waals surface area (Å²) in [4.78, 5) is 11.8. The molecule has 10 heteroatoms. The number of hydrogen-bond acceptors (Lipinski definition) is 4. The topological polar surface area (TPSA) is 63.2 Å². The molecule has 0 aromatic heterocycles. The first-order valence-electron chi connectivity index (χ1n) is 6.68. The lowest BCUT2D eigenvalue weighted by atomic mass is 10.2. The molecule has 25 heavy (non-hydrogen) atoms. The van der Waals surface area contributed by atoms with Crippen molar-refractivity contribution in [3.63, 3.8) is 0 Å². The van der Waals surface area contributed by atoms with Gasteiger partial charge in [0.25, 0.3) is 11.7 Å². The number of benzene rings is 2. The molecule has 0 aliphatic carbocycles. The number of anilines is 1. The molecule has 0 heterocycles. The first kappa shape index (κ1) is 19.3. The molecule has 1 N–H and O–H groups in total. The number of amides is 1. The Morgan fingerprint density at radius 1 is 0.920 bits per heavy atom. The third kappa shape index (κ3) is 4.95. The molecule has 0 unspecified atom stereocenters. The van der Waals surface area contributed by atoms with E-state index in [2.05, 4.69) is 5.32 Å². The van der Waals surface area contributed by atoms with Crippen LogP contribution in [0.15, 0.2) is 58.3 Å². The Morgan fingerprint density at radius 2 is 1.48 bits per heavy atom. The lowest BCUT2D eigenvalue weighted by Gasteiger charge is -2.08. The highest BCUT2D eigenvalue weighted by Crippen LogP contribution is 2.26. The summed E-state index contributed by atoms with van der Waals surface area (Å²) in [6.07, 6.45) is 0. The minimum Gasteiger partial charge on any atom is -0.322 e. The molecule has 0 aliphatic rings. The van der Waals surface area contributed by atoms with E-state index in [0.717, 1.165) is 24.3 Å². The first-order chi connectivity index (χ1) is 11.7. The highest BCUT2D eigenvalue weighted by Gasteiger charge is 2.26. The van der Waals surface area contributed by atoms with Gasteiger partial charge in [-0.3, -0.25) is 4.79 Å². The molecule has 0 saturated heterocycles. The molecule has 2 rings (SSSR count). The van der Waals surface area contributed by atoms with Gasteiger partial charge in [0, 0.05) is 16.1 Å². The SMILES string of the molecule is O=C(Nc1ccc(SC(F)F)cc1)c1ccc(S(=O)(=O)C(F)F)cc1. The van der Waals surface area contributed by atoms with Crippen LogP contribution in [0.3, 0.4) is 0 Å². The quantitative estimate of drug-likeness (QED) is 0.589. The maximum atomic E-state index is 12.4. The number of sulfone groups is 1. The minimum absolute atomic E-state index is 0.0549. The Bertz CT molecular complexity index is 838. The maximum absolute atomic E-state index is 12.4. The second-order valence-electron chi connectivity index (χ2n) is 4.69. The van der Waals surface area contributed by atoms with Crippen LogP contribution in [0.1, 0.15) is 10.4 Å². The van der Waals surface area contributed by atoms with Gasteiger partial charge in [-0.1, -0.05) is 11.8 Å². The van der Waals surface area contributed by atoms with Crippen molar-refractivity contribution in [1.29, 1.82) is 0 Å². The second kappa shape index (κ2) is 7.87. The van der Waals surface area contributed by atoms with E-state index >= 15 is 0 Å². The fourth-order valence-electron chi connectivity index (χ4n) is 1.82. The molecule has 2 aromatic rings. The van der Waals surface area contributed by atoms with Gasteiger partial charge < -0.3 is 5.32 Å². The average Bonchev–Trinajstić information content (AvgIpc) is 2.56. The summed E-state index contributed by atoms with van der Waals surface area (Å²) >= 11 is 0.364. The molecule has 0 fully saturated rings. The van der Waals surface area contributed by atoms with E-state index in [-0.39, 0.29) is 5.56 Å². The summed E-state index contributed by atoms with van der Waals surface area (Å²) in [5.41, 5.74) is 0.396. The lowest BCUT2D eigenvalue weighted by molar-refractivity contribution is 0.102. The van der Waals surface area contributed by atoms with Gasteiger partial charge in [-0.05, 0) is 48.5 Å². The third-order valence-corrected chi connectivity index (χ3v) is 5.14. The summed E-state index contributed by atoms with van der Waals surface area (Å²) in [6.45, 7) is 0. The molecule has 1 amide bonds. The van der Waals surface area contributed by atoms with E-state index in [0.29, 0.717) is 22.3 Å². The van der Waals surface area contributed by atoms with Gasteiger partial charge in [0.05, 0.1) is 4.90 Å². The number of alkyl halides is 4. The van der Waals surface area contributed by atoms with Crippen LogP contribution in [-0.2, 0) is 9.84 Å². The predicted octanol–water partition coefficient (Wildman–Crippen LogP) is 4.25. The summed E-state index contributed by atoms with van der Waals surface area (Å²) in [6, 6.07) is 9.71. The van der Waals surface area contributed by atoms with Crippen LogP contribution in [0, 0.1) is 0 Å². The van der Waals surface area contributed by atoms with E-state index in [4.69, 9.17) is 0 Å². The summed E-state index contributed by atoms with van der Waals surface area (Å²) < 4.78 is 71.9. The monoisotopic (exact) mass is 393 g/mol. The van der Waals surface area contributed by atoms with Crippen LogP contribution in [0.4, 0.5) is 23.2 Å². The predicted molar refractivity (Wildman–Crippen MR) is 85.9 cm³/mol. The highest BCUT2D eigenvalue weighted by molar-refractivity contribution is 7.99. The highest BCUT2D eigenvalue weighted by atomic mass is 32.2. The van der Waals surface area contributed by atoms with Crippen molar-refractivity contribution in [3.05, 3.63) is 54.1 Å². The van der Waals surface area contributed by atoms with Crippen LogP contribution in [0.5, 0.6) is 0 Å². The zero-order valence-corrected chi connectivity index (χ0v) is 14.0. The molecule has 0 saturated carbocycles. The summed E-state index contributed by atoms with van der Waals surface area (Å²) in [5, 5.41) is 2.49. The Kier molecular flexibility index (Phi) is 6.07. The van der Waals surface area contributed by atoms with Crippen LogP contribution >= 0.6 is 11.8 Å². The number of thioether (sulfide) groups is 1. The zero-order valence-electron chi connectivity index (χ0n) is 12.3. The summed E-state index contributed by atoms with van der Waals surface area (Å²) in [5.74, 6) is -6.70. The average molecular weight is 393 g/mol. The Hall–Kier alpha value is -2.07. The molecule has 0 bridgehead atoms. The van der Waals surface area contributed by atoms with Crippen molar-refractivity contribution in [2.75, 3.05) is 5.32 Å². The van der Waals surface area contributed by atoms with E-state index in [9.17, 15) is 30.8 Å². The molecule has 0 radical (unpaired) electrons. The summed E-state index contributed by atoms with van der Waals surface area (Å²) in [7, 11) is -4.72. The number of carbonyl (C=O) groups is 1. The van der Waals surface area contributed by atoms with Gasteiger partial charge in [-0.25, -0.2) is 8.42 Å². The Balaban J connectivity index is 2.08. The molecule has 0 atom stereocenters. The van der Waals surface area contributed by atoms with Crippen molar-refractivity contribution in [2.45, 2.75) is 21.3 Å². The zero-order chi connectivity index (χ0) is 18.6. The normalized spacial score (nSPS) is 11.8. The number of hydrogen-bond donors (Lipinski definition) is 1. The van der Waals surface area contributed by atoms with Gasteiger partial charge in [0.1, 0.15) is 0 Å². The molecule has 2 aromatic carbocycles. The number of halogens is 4. The standard InChI is InChI=1S/C15H11F4NO3S2/c16-14(17)24-11-5-3-10(4-6-11)20-13(21)9-1-7-12(8-2-9)25(22,23)15(18)19/h1-8,14-15H,(H,20,21). The largest absolute Gasteiger partial charge is 0.341 e. The van der Waals surface area contributed by atoms with Crippen molar-refractivity contribution in [2.24, 2.45) is 0 Å². The molecule has 0 spiro atoms. The molecule has 134 valence electrons.